The van der Waals surface area contributed by atoms with Crippen molar-refractivity contribution >= 4 is 11.9 Å². The van der Waals surface area contributed by atoms with Crippen molar-refractivity contribution in [2.24, 2.45) is 0 Å². The quantitative estimate of drug-likeness (QED) is 0.779. The Kier molecular flexibility index (Phi) is 4.08. The summed E-state index contributed by atoms with van der Waals surface area (Å²) in [5, 5.41) is 10.0. The van der Waals surface area contributed by atoms with Crippen LogP contribution in [0.5, 0.6) is 0 Å². The van der Waals surface area contributed by atoms with Gasteiger partial charge in [-0.2, -0.15) is 24.7 Å². The van der Waals surface area contributed by atoms with E-state index in [0.29, 0.717) is 24.4 Å². The van der Waals surface area contributed by atoms with E-state index < -0.39 is 0 Å². The predicted molar refractivity (Wildman–Crippen MR) is 73.9 cm³/mol. The Morgan fingerprint density at radius 2 is 2.00 bits per heavy atom. The van der Waals surface area contributed by atoms with Crippen molar-refractivity contribution in [2.75, 3.05) is 31.3 Å². The van der Waals surface area contributed by atoms with Gasteiger partial charge in [0.1, 0.15) is 12.7 Å². The van der Waals surface area contributed by atoms with Crippen LogP contribution in [0.15, 0.2) is 12.7 Å². The summed E-state index contributed by atoms with van der Waals surface area (Å²) in [6.45, 7) is 4.50. The first-order valence-electron chi connectivity index (χ1n) is 6.12. The second-order valence-electron chi connectivity index (χ2n) is 4.69. The molecule has 108 valence electrons. The number of aromatic nitrogens is 6. The van der Waals surface area contributed by atoms with Crippen molar-refractivity contribution in [2.45, 2.75) is 19.4 Å². The summed E-state index contributed by atoms with van der Waals surface area (Å²) in [6, 6.07) is 0. The van der Waals surface area contributed by atoms with Crippen LogP contribution >= 0.6 is 0 Å². The average Bonchev–Trinajstić information content (AvgIpc) is 2.99. The lowest BCUT2D eigenvalue weighted by Gasteiger charge is -2.23. The fourth-order valence-electron chi connectivity index (χ4n) is 1.33. The zero-order valence-electron chi connectivity index (χ0n) is 12.0. The van der Waals surface area contributed by atoms with E-state index >= 15 is 0 Å². The highest BCUT2D eigenvalue weighted by Crippen LogP contribution is 2.11. The molecule has 2 heterocycles. The SMILES string of the molecule is CNc1nc(NCC(C)(C)OC)nc(-n2cncn2)n1. The second kappa shape index (κ2) is 5.78. The molecule has 0 aromatic carbocycles. The van der Waals surface area contributed by atoms with E-state index in [4.69, 9.17) is 4.74 Å². The van der Waals surface area contributed by atoms with Crippen LogP contribution < -0.4 is 10.6 Å². The normalized spacial score (nSPS) is 11.4. The second-order valence-corrected chi connectivity index (χ2v) is 4.69. The molecule has 2 rings (SSSR count). The molecule has 0 aliphatic heterocycles. The van der Waals surface area contributed by atoms with Gasteiger partial charge in [-0.1, -0.05) is 0 Å². The molecule has 9 nitrogen and oxygen atoms in total. The molecule has 0 atom stereocenters. The van der Waals surface area contributed by atoms with E-state index in [9.17, 15) is 0 Å². The monoisotopic (exact) mass is 278 g/mol. The Morgan fingerprint density at radius 1 is 1.25 bits per heavy atom. The Balaban J connectivity index is 2.23. The van der Waals surface area contributed by atoms with Crippen molar-refractivity contribution in [3.8, 4) is 5.95 Å². The molecular formula is C11H18N8O. The zero-order valence-corrected chi connectivity index (χ0v) is 12.0. The average molecular weight is 278 g/mol. The molecule has 0 fully saturated rings. The van der Waals surface area contributed by atoms with E-state index in [-0.39, 0.29) is 5.60 Å². The minimum Gasteiger partial charge on any atom is -0.377 e. The van der Waals surface area contributed by atoms with Gasteiger partial charge in [-0.3, -0.25) is 0 Å². The summed E-state index contributed by atoms with van der Waals surface area (Å²) < 4.78 is 6.81. The van der Waals surface area contributed by atoms with E-state index in [2.05, 4.69) is 35.7 Å². The first-order chi connectivity index (χ1) is 9.54. The van der Waals surface area contributed by atoms with Gasteiger partial charge in [-0.25, -0.2) is 4.98 Å². The predicted octanol–water partition coefficient (Wildman–Crippen LogP) is 0.331. The van der Waals surface area contributed by atoms with Crippen LogP contribution in [0.3, 0.4) is 0 Å². The van der Waals surface area contributed by atoms with Crippen LogP contribution in [0, 0.1) is 0 Å². The Hall–Kier alpha value is -2.29. The molecule has 0 radical (unpaired) electrons. The lowest BCUT2D eigenvalue weighted by atomic mass is 10.1. The Labute approximate surface area is 116 Å². The molecule has 0 aliphatic rings. The molecule has 2 N–H and O–H groups in total. The highest BCUT2D eigenvalue weighted by Gasteiger charge is 2.17. The van der Waals surface area contributed by atoms with Gasteiger partial charge in [0.05, 0.1) is 5.60 Å². The number of anilines is 2. The third-order valence-electron chi connectivity index (χ3n) is 2.70. The number of rotatable bonds is 6. The van der Waals surface area contributed by atoms with Crippen LogP contribution in [-0.4, -0.2) is 56.0 Å². The summed E-state index contributed by atoms with van der Waals surface area (Å²) in [5.74, 6) is 1.28. The minimum atomic E-state index is -0.320. The largest absolute Gasteiger partial charge is 0.377 e. The molecule has 0 bridgehead atoms. The van der Waals surface area contributed by atoms with Crippen molar-refractivity contribution in [3.63, 3.8) is 0 Å². The molecule has 9 heteroatoms. The van der Waals surface area contributed by atoms with Crippen molar-refractivity contribution in [1.82, 2.24) is 29.7 Å². The van der Waals surface area contributed by atoms with Crippen LogP contribution in [-0.2, 0) is 4.74 Å². The maximum absolute atomic E-state index is 5.34. The number of ether oxygens (including phenoxy) is 1. The van der Waals surface area contributed by atoms with E-state index in [1.54, 1.807) is 14.2 Å². The highest BCUT2D eigenvalue weighted by molar-refractivity contribution is 5.37. The van der Waals surface area contributed by atoms with Crippen LogP contribution in [0.1, 0.15) is 13.8 Å². The van der Waals surface area contributed by atoms with Crippen molar-refractivity contribution in [3.05, 3.63) is 12.7 Å². The summed E-state index contributed by atoms with van der Waals surface area (Å²) in [7, 11) is 3.40. The van der Waals surface area contributed by atoms with Gasteiger partial charge in [0.25, 0.3) is 5.95 Å². The third-order valence-corrected chi connectivity index (χ3v) is 2.70. The molecule has 0 spiro atoms. The molecular weight excluding hydrogens is 260 g/mol. The Bertz CT molecular complexity index is 554. The number of nitrogens with one attached hydrogen (secondary N) is 2. The fourth-order valence-corrected chi connectivity index (χ4v) is 1.33. The van der Waals surface area contributed by atoms with Gasteiger partial charge in [0.15, 0.2) is 0 Å². The smallest absolute Gasteiger partial charge is 0.258 e. The summed E-state index contributed by atoms with van der Waals surface area (Å²) in [5.41, 5.74) is -0.320. The molecule has 20 heavy (non-hydrogen) atoms. The lowest BCUT2D eigenvalue weighted by Crippen LogP contribution is -2.32. The Morgan fingerprint density at radius 3 is 2.60 bits per heavy atom. The topological polar surface area (TPSA) is 103 Å². The third kappa shape index (κ3) is 3.38. The van der Waals surface area contributed by atoms with Gasteiger partial charge in [-0.15, -0.1) is 0 Å². The summed E-state index contributed by atoms with van der Waals surface area (Å²) >= 11 is 0. The van der Waals surface area contributed by atoms with Gasteiger partial charge >= 0.3 is 0 Å². The molecule has 0 aliphatic carbocycles. The van der Waals surface area contributed by atoms with Crippen LogP contribution in [0.2, 0.25) is 0 Å². The first kappa shape index (κ1) is 14.1. The van der Waals surface area contributed by atoms with E-state index in [0.717, 1.165) is 0 Å². The first-order valence-corrected chi connectivity index (χ1v) is 6.12. The standard InChI is InChI=1S/C11H18N8O/c1-11(2,20-4)5-14-9-16-8(12-3)17-10(18-9)19-7-13-6-15-19/h6-7H,5H2,1-4H3,(H2,12,14,16,17,18). The molecule has 2 aromatic rings. The van der Waals surface area contributed by atoms with Crippen molar-refractivity contribution in [1.29, 1.82) is 0 Å². The molecule has 2 aromatic heterocycles. The molecule has 0 amide bonds. The number of hydrogen-bond donors (Lipinski definition) is 2. The highest BCUT2D eigenvalue weighted by atomic mass is 16.5. The maximum Gasteiger partial charge on any atom is 0.258 e. The number of methoxy groups -OCH3 is 1. The number of hydrogen-bond acceptors (Lipinski definition) is 8. The minimum absolute atomic E-state index is 0.320. The maximum atomic E-state index is 5.34. The van der Waals surface area contributed by atoms with Crippen LogP contribution in [0.25, 0.3) is 5.95 Å². The van der Waals surface area contributed by atoms with Gasteiger partial charge in [0.2, 0.25) is 11.9 Å². The molecule has 0 unspecified atom stereocenters. The zero-order chi connectivity index (χ0) is 14.6. The van der Waals surface area contributed by atoms with Gasteiger partial charge in [0, 0.05) is 20.7 Å². The molecule has 0 saturated carbocycles. The van der Waals surface area contributed by atoms with Gasteiger partial charge in [-0.05, 0) is 13.8 Å². The fraction of sp³-hybridized carbons (Fsp3) is 0.545. The van der Waals surface area contributed by atoms with Gasteiger partial charge < -0.3 is 15.4 Å². The number of nitrogens with zero attached hydrogens (tertiary/aromatic N) is 6. The summed E-state index contributed by atoms with van der Waals surface area (Å²) in [6.07, 6.45) is 2.95. The van der Waals surface area contributed by atoms with E-state index in [1.807, 2.05) is 13.8 Å². The van der Waals surface area contributed by atoms with Crippen molar-refractivity contribution < 1.29 is 4.74 Å². The summed E-state index contributed by atoms with van der Waals surface area (Å²) in [4.78, 5) is 16.6. The lowest BCUT2D eigenvalue weighted by molar-refractivity contribution is 0.0342. The molecule has 0 saturated heterocycles. The van der Waals surface area contributed by atoms with Crippen LogP contribution in [0.4, 0.5) is 11.9 Å². The van der Waals surface area contributed by atoms with E-state index in [1.165, 1.54) is 17.3 Å².